The van der Waals surface area contributed by atoms with Crippen LogP contribution in [0.5, 0.6) is 0 Å². The highest BCUT2D eigenvalue weighted by molar-refractivity contribution is 6.07. The van der Waals surface area contributed by atoms with Crippen LogP contribution >= 0.6 is 0 Å². The molecule has 0 spiro atoms. The Morgan fingerprint density at radius 1 is 1.19 bits per heavy atom. The van der Waals surface area contributed by atoms with Gasteiger partial charge in [0.05, 0.1) is 22.9 Å². The number of nitrogens with zero attached hydrogens (tertiary/aromatic N) is 3. The lowest BCUT2D eigenvalue weighted by Crippen LogP contribution is -2.30. The molecule has 0 aliphatic carbocycles. The predicted molar refractivity (Wildman–Crippen MR) is 122 cm³/mol. The molecule has 1 N–H and O–H groups in total. The van der Waals surface area contributed by atoms with E-state index in [4.69, 9.17) is 4.74 Å². The molecule has 3 aromatic rings. The number of benzene rings is 2. The van der Waals surface area contributed by atoms with Crippen molar-refractivity contribution < 1.29 is 14.3 Å². The predicted octanol–water partition coefficient (Wildman–Crippen LogP) is 3.59. The fraction of sp³-hybridized carbons (Fsp3) is 0.375. The van der Waals surface area contributed by atoms with Crippen LogP contribution in [-0.2, 0) is 22.5 Å². The molecular formula is C24H30N4O3. The summed E-state index contributed by atoms with van der Waals surface area (Å²) < 4.78 is 6.91. The van der Waals surface area contributed by atoms with E-state index in [1.165, 1.54) is 12.7 Å². The van der Waals surface area contributed by atoms with Crippen LogP contribution in [0.4, 0.5) is 5.69 Å². The number of amides is 2. The summed E-state index contributed by atoms with van der Waals surface area (Å²) in [7, 11) is 3.27. The van der Waals surface area contributed by atoms with Crippen molar-refractivity contribution >= 4 is 28.5 Å². The molecule has 0 radical (unpaired) electrons. The van der Waals surface area contributed by atoms with Gasteiger partial charge in [0.25, 0.3) is 5.91 Å². The first-order valence-electron chi connectivity index (χ1n) is 10.5. The number of nitrogens with one attached hydrogen (secondary N) is 1. The van der Waals surface area contributed by atoms with Gasteiger partial charge in [0, 0.05) is 32.9 Å². The van der Waals surface area contributed by atoms with E-state index in [0.717, 1.165) is 11.9 Å². The van der Waals surface area contributed by atoms with Gasteiger partial charge in [0.1, 0.15) is 6.61 Å². The average molecular weight is 423 g/mol. The molecule has 0 saturated carbocycles. The lowest BCUT2D eigenvalue weighted by molar-refractivity contribution is -0.119. The molecule has 0 aliphatic heterocycles. The summed E-state index contributed by atoms with van der Waals surface area (Å²) in [5.74, 6) is -0.0284. The van der Waals surface area contributed by atoms with Crippen LogP contribution < -0.4 is 5.32 Å². The van der Waals surface area contributed by atoms with Gasteiger partial charge >= 0.3 is 0 Å². The SMILES string of the molecule is COCC(=O)Nc1cc(C(=O)N(C)CC(C)C)c2c(c1)ncn2CCc1ccccc1. The summed E-state index contributed by atoms with van der Waals surface area (Å²) in [5.41, 5.74) is 3.73. The molecule has 7 nitrogen and oxygen atoms in total. The standard InChI is InChI=1S/C24H30N4O3/c1-17(2)14-27(3)24(30)20-12-19(26-22(29)15-31-4)13-21-23(20)28(16-25-21)11-10-18-8-6-5-7-9-18/h5-9,12-13,16-17H,10-11,14-15H2,1-4H3,(H,26,29). The number of carbonyl (C=O) groups excluding carboxylic acids is 2. The molecule has 3 rings (SSSR count). The van der Waals surface area contributed by atoms with E-state index in [-0.39, 0.29) is 18.4 Å². The van der Waals surface area contributed by atoms with Crippen LogP contribution in [0.25, 0.3) is 11.0 Å². The van der Waals surface area contributed by atoms with Gasteiger partial charge in [-0.05, 0) is 30.0 Å². The van der Waals surface area contributed by atoms with Crippen molar-refractivity contribution in [1.82, 2.24) is 14.5 Å². The molecule has 0 saturated heterocycles. The van der Waals surface area contributed by atoms with Gasteiger partial charge in [0.15, 0.2) is 0 Å². The summed E-state index contributed by atoms with van der Waals surface area (Å²) >= 11 is 0. The van der Waals surface area contributed by atoms with E-state index < -0.39 is 0 Å². The number of fused-ring (bicyclic) bond motifs is 1. The third kappa shape index (κ3) is 5.70. The number of imidazole rings is 1. The quantitative estimate of drug-likeness (QED) is 0.572. The normalized spacial score (nSPS) is 11.1. The van der Waals surface area contributed by atoms with E-state index in [0.29, 0.717) is 35.8 Å². The topological polar surface area (TPSA) is 76.5 Å². The third-order valence-electron chi connectivity index (χ3n) is 4.97. The van der Waals surface area contributed by atoms with Crippen LogP contribution in [0.15, 0.2) is 48.8 Å². The van der Waals surface area contributed by atoms with Gasteiger partial charge in [-0.1, -0.05) is 44.2 Å². The maximum absolute atomic E-state index is 13.3. The van der Waals surface area contributed by atoms with Crippen molar-refractivity contribution in [3.63, 3.8) is 0 Å². The Bertz CT molecular complexity index is 1040. The molecule has 1 heterocycles. The minimum Gasteiger partial charge on any atom is -0.375 e. The van der Waals surface area contributed by atoms with Crippen LogP contribution in [0.1, 0.15) is 29.8 Å². The van der Waals surface area contributed by atoms with Gasteiger partial charge in [-0.3, -0.25) is 9.59 Å². The number of ether oxygens (including phenoxy) is 1. The smallest absolute Gasteiger partial charge is 0.255 e. The van der Waals surface area contributed by atoms with E-state index in [1.807, 2.05) is 22.8 Å². The molecule has 31 heavy (non-hydrogen) atoms. The number of hydrogen-bond acceptors (Lipinski definition) is 4. The maximum atomic E-state index is 13.3. The minimum atomic E-state index is -0.278. The van der Waals surface area contributed by atoms with Gasteiger partial charge in [-0.2, -0.15) is 0 Å². The number of aromatic nitrogens is 2. The lowest BCUT2D eigenvalue weighted by Gasteiger charge is -2.21. The van der Waals surface area contributed by atoms with Crippen molar-refractivity contribution in [2.75, 3.05) is 32.6 Å². The van der Waals surface area contributed by atoms with E-state index >= 15 is 0 Å². The number of methoxy groups -OCH3 is 1. The number of carbonyl (C=O) groups is 2. The van der Waals surface area contributed by atoms with Crippen LogP contribution in [-0.4, -0.2) is 53.6 Å². The number of aryl methyl sites for hydroxylation is 2. The monoisotopic (exact) mass is 422 g/mol. The molecule has 0 fully saturated rings. The van der Waals surface area contributed by atoms with E-state index in [1.54, 1.807) is 30.4 Å². The Hall–Kier alpha value is -3.19. The molecule has 0 atom stereocenters. The molecule has 164 valence electrons. The molecule has 0 aliphatic rings. The zero-order chi connectivity index (χ0) is 22.4. The summed E-state index contributed by atoms with van der Waals surface area (Å²) in [6.07, 6.45) is 2.58. The molecular weight excluding hydrogens is 392 g/mol. The van der Waals surface area contributed by atoms with Crippen molar-refractivity contribution in [2.45, 2.75) is 26.8 Å². The van der Waals surface area contributed by atoms with Gasteiger partial charge in [-0.15, -0.1) is 0 Å². The van der Waals surface area contributed by atoms with Gasteiger partial charge < -0.3 is 19.5 Å². The maximum Gasteiger partial charge on any atom is 0.255 e. The van der Waals surface area contributed by atoms with Crippen molar-refractivity contribution in [1.29, 1.82) is 0 Å². The van der Waals surface area contributed by atoms with Crippen molar-refractivity contribution in [3.05, 3.63) is 59.9 Å². The highest BCUT2D eigenvalue weighted by Gasteiger charge is 2.21. The third-order valence-corrected chi connectivity index (χ3v) is 4.97. The minimum absolute atomic E-state index is 0.0555. The Labute approximate surface area is 183 Å². The van der Waals surface area contributed by atoms with E-state index in [2.05, 4.69) is 36.3 Å². The first-order valence-corrected chi connectivity index (χ1v) is 10.5. The number of anilines is 1. The zero-order valence-electron chi connectivity index (χ0n) is 18.6. The summed E-state index contributed by atoms with van der Waals surface area (Å²) in [4.78, 5) is 31.6. The molecule has 7 heteroatoms. The second-order valence-corrected chi connectivity index (χ2v) is 8.13. The van der Waals surface area contributed by atoms with Crippen LogP contribution in [0, 0.1) is 5.92 Å². The Kier molecular flexibility index (Phi) is 7.41. The molecule has 2 amide bonds. The number of hydrogen-bond donors (Lipinski definition) is 1. The van der Waals surface area contributed by atoms with Gasteiger partial charge in [-0.25, -0.2) is 4.98 Å². The second kappa shape index (κ2) is 10.2. The highest BCUT2D eigenvalue weighted by Crippen LogP contribution is 2.25. The average Bonchev–Trinajstić information content (AvgIpc) is 3.14. The van der Waals surface area contributed by atoms with Gasteiger partial charge in [0.2, 0.25) is 5.91 Å². The Morgan fingerprint density at radius 2 is 1.94 bits per heavy atom. The summed E-state index contributed by atoms with van der Waals surface area (Å²) in [5, 5.41) is 2.79. The van der Waals surface area contributed by atoms with Crippen LogP contribution in [0.2, 0.25) is 0 Å². The van der Waals surface area contributed by atoms with Crippen LogP contribution in [0.3, 0.4) is 0 Å². The lowest BCUT2D eigenvalue weighted by atomic mass is 10.1. The van der Waals surface area contributed by atoms with E-state index in [9.17, 15) is 9.59 Å². The molecule has 1 aromatic heterocycles. The molecule has 0 bridgehead atoms. The first kappa shape index (κ1) is 22.5. The Morgan fingerprint density at radius 3 is 2.61 bits per heavy atom. The Balaban J connectivity index is 1.98. The summed E-state index contributed by atoms with van der Waals surface area (Å²) in [6, 6.07) is 13.7. The largest absolute Gasteiger partial charge is 0.375 e. The fourth-order valence-corrected chi connectivity index (χ4v) is 3.67. The highest BCUT2D eigenvalue weighted by atomic mass is 16.5. The first-order chi connectivity index (χ1) is 14.9. The second-order valence-electron chi connectivity index (χ2n) is 8.13. The fourth-order valence-electron chi connectivity index (χ4n) is 3.67. The van der Waals surface area contributed by atoms with Crippen molar-refractivity contribution in [2.24, 2.45) is 5.92 Å². The molecule has 2 aromatic carbocycles. The molecule has 0 unspecified atom stereocenters. The summed E-state index contributed by atoms with van der Waals surface area (Å²) in [6.45, 7) is 5.43. The number of rotatable bonds is 9. The zero-order valence-corrected chi connectivity index (χ0v) is 18.6. The van der Waals surface area contributed by atoms with Crippen molar-refractivity contribution in [3.8, 4) is 0 Å².